The number of aryl methyl sites for hydroxylation is 1. The number of H-pyrrole nitrogens is 1. The summed E-state index contributed by atoms with van der Waals surface area (Å²) >= 11 is 0. The first kappa shape index (κ1) is 13.9. The van der Waals surface area contributed by atoms with Gasteiger partial charge in [0.1, 0.15) is 0 Å². The van der Waals surface area contributed by atoms with Crippen LogP contribution in [0.2, 0.25) is 0 Å². The average molecular weight is 260 g/mol. The number of benzene rings is 1. The first-order chi connectivity index (χ1) is 9.22. The normalized spacial score (nSPS) is 11.4. The van der Waals surface area contributed by atoms with E-state index in [-0.39, 0.29) is 0 Å². The lowest BCUT2D eigenvalue weighted by Gasteiger charge is -2.17. The van der Waals surface area contributed by atoms with Crippen molar-refractivity contribution in [2.75, 3.05) is 31.5 Å². The SMILES string of the molecule is CCN(CC)CCCNc1nc2ccc(C)cc2[nH]1. The molecule has 1 heterocycles. The zero-order chi connectivity index (χ0) is 13.7. The first-order valence-corrected chi connectivity index (χ1v) is 7.15. The van der Waals surface area contributed by atoms with E-state index >= 15 is 0 Å². The maximum atomic E-state index is 4.53. The summed E-state index contributed by atoms with van der Waals surface area (Å²) in [4.78, 5) is 10.3. The number of hydrogen-bond donors (Lipinski definition) is 2. The molecule has 0 aliphatic carbocycles. The van der Waals surface area contributed by atoms with Gasteiger partial charge in [-0.1, -0.05) is 19.9 Å². The molecule has 0 atom stereocenters. The molecule has 0 spiro atoms. The Morgan fingerprint density at radius 2 is 2.05 bits per heavy atom. The van der Waals surface area contributed by atoms with Gasteiger partial charge in [-0.15, -0.1) is 0 Å². The highest BCUT2D eigenvalue weighted by molar-refractivity contribution is 5.78. The number of nitrogens with zero attached hydrogens (tertiary/aromatic N) is 2. The Hall–Kier alpha value is -1.55. The number of aromatic amines is 1. The number of nitrogens with one attached hydrogen (secondary N) is 2. The molecule has 2 N–H and O–H groups in total. The van der Waals surface area contributed by atoms with Gasteiger partial charge in [0.2, 0.25) is 5.95 Å². The molecular weight excluding hydrogens is 236 g/mol. The minimum atomic E-state index is 0.875. The average Bonchev–Trinajstić information content (AvgIpc) is 2.80. The van der Waals surface area contributed by atoms with Gasteiger partial charge in [0.05, 0.1) is 11.0 Å². The van der Waals surface area contributed by atoms with Crippen LogP contribution in [0.1, 0.15) is 25.8 Å². The van der Waals surface area contributed by atoms with Crippen molar-refractivity contribution in [3.8, 4) is 0 Å². The standard InChI is InChI=1S/C15H24N4/c1-4-19(5-2)10-6-9-16-15-17-13-8-7-12(3)11-14(13)18-15/h7-8,11H,4-6,9-10H2,1-3H3,(H2,16,17,18). The molecule has 0 saturated carbocycles. The highest BCUT2D eigenvalue weighted by atomic mass is 15.1. The predicted molar refractivity (Wildman–Crippen MR) is 81.7 cm³/mol. The maximum Gasteiger partial charge on any atom is 0.201 e. The number of anilines is 1. The van der Waals surface area contributed by atoms with Crippen LogP contribution in [0, 0.1) is 6.92 Å². The lowest BCUT2D eigenvalue weighted by atomic mass is 10.2. The van der Waals surface area contributed by atoms with Gasteiger partial charge in [0, 0.05) is 6.54 Å². The van der Waals surface area contributed by atoms with Gasteiger partial charge >= 0.3 is 0 Å². The molecule has 19 heavy (non-hydrogen) atoms. The highest BCUT2D eigenvalue weighted by Gasteiger charge is 2.02. The summed E-state index contributed by atoms with van der Waals surface area (Å²) < 4.78 is 0. The van der Waals surface area contributed by atoms with Gasteiger partial charge < -0.3 is 15.2 Å². The molecule has 0 aliphatic heterocycles. The van der Waals surface area contributed by atoms with Crippen LogP contribution in [0.25, 0.3) is 11.0 Å². The van der Waals surface area contributed by atoms with Crippen molar-refractivity contribution < 1.29 is 0 Å². The minimum absolute atomic E-state index is 0.875. The summed E-state index contributed by atoms with van der Waals surface area (Å²) in [5.74, 6) is 0.875. The fourth-order valence-corrected chi connectivity index (χ4v) is 2.26. The summed E-state index contributed by atoms with van der Waals surface area (Å²) in [6, 6.07) is 6.28. The Bertz CT molecular complexity index is 514. The van der Waals surface area contributed by atoms with E-state index in [1.54, 1.807) is 0 Å². The van der Waals surface area contributed by atoms with E-state index in [9.17, 15) is 0 Å². The topological polar surface area (TPSA) is 44.0 Å². The van der Waals surface area contributed by atoms with Gasteiger partial charge in [0.15, 0.2) is 0 Å². The zero-order valence-electron chi connectivity index (χ0n) is 12.2. The molecule has 4 heteroatoms. The number of rotatable bonds is 7. The lowest BCUT2D eigenvalue weighted by molar-refractivity contribution is 0.303. The summed E-state index contributed by atoms with van der Waals surface area (Å²) in [7, 11) is 0. The monoisotopic (exact) mass is 260 g/mol. The molecule has 0 radical (unpaired) electrons. The maximum absolute atomic E-state index is 4.53. The van der Waals surface area contributed by atoms with E-state index in [1.807, 2.05) is 0 Å². The van der Waals surface area contributed by atoms with Crippen molar-refractivity contribution in [1.29, 1.82) is 0 Å². The van der Waals surface area contributed by atoms with Crippen molar-refractivity contribution in [2.45, 2.75) is 27.2 Å². The second-order valence-corrected chi connectivity index (χ2v) is 4.91. The van der Waals surface area contributed by atoms with Crippen molar-refractivity contribution in [3.63, 3.8) is 0 Å². The van der Waals surface area contributed by atoms with E-state index in [0.29, 0.717) is 0 Å². The smallest absolute Gasteiger partial charge is 0.201 e. The van der Waals surface area contributed by atoms with Crippen LogP contribution in [0.3, 0.4) is 0 Å². The van der Waals surface area contributed by atoms with Crippen LogP contribution in [0.15, 0.2) is 18.2 Å². The van der Waals surface area contributed by atoms with Gasteiger partial charge in [0.25, 0.3) is 0 Å². The Morgan fingerprint density at radius 1 is 1.26 bits per heavy atom. The quantitative estimate of drug-likeness (QED) is 0.752. The van der Waals surface area contributed by atoms with Crippen LogP contribution in [-0.4, -0.2) is 41.0 Å². The van der Waals surface area contributed by atoms with Crippen LogP contribution in [-0.2, 0) is 0 Å². The van der Waals surface area contributed by atoms with E-state index < -0.39 is 0 Å². The third kappa shape index (κ3) is 3.70. The molecular formula is C15H24N4. The van der Waals surface area contributed by atoms with Gasteiger partial charge in [-0.05, 0) is 50.7 Å². The number of hydrogen-bond acceptors (Lipinski definition) is 3. The fourth-order valence-electron chi connectivity index (χ4n) is 2.26. The fraction of sp³-hybridized carbons (Fsp3) is 0.533. The lowest BCUT2D eigenvalue weighted by Crippen LogP contribution is -2.25. The molecule has 0 saturated heterocycles. The van der Waals surface area contributed by atoms with Crippen molar-refractivity contribution in [1.82, 2.24) is 14.9 Å². The van der Waals surface area contributed by atoms with Crippen molar-refractivity contribution in [2.24, 2.45) is 0 Å². The Morgan fingerprint density at radius 3 is 2.79 bits per heavy atom. The predicted octanol–water partition coefficient (Wildman–Crippen LogP) is 3.02. The van der Waals surface area contributed by atoms with Gasteiger partial charge in [-0.2, -0.15) is 0 Å². The van der Waals surface area contributed by atoms with Gasteiger partial charge in [-0.25, -0.2) is 4.98 Å². The van der Waals surface area contributed by atoms with E-state index in [4.69, 9.17) is 0 Å². The molecule has 104 valence electrons. The van der Waals surface area contributed by atoms with Crippen molar-refractivity contribution >= 4 is 17.0 Å². The third-order valence-electron chi connectivity index (χ3n) is 3.48. The molecule has 4 nitrogen and oxygen atoms in total. The van der Waals surface area contributed by atoms with E-state index in [2.05, 4.69) is 59.2 Å². The highest BCUT2D eigenvalue weighted by Crippen LogP contribution is 2.15. The van der Waals surface area contributed by atoms with Crippen LogP contribution in [0.4, 0.5) is 5.95 Å². The Labute approximate surface area is 115 Å². The molecule has 0 fully saturated rings. The minimum Gasteiger partial charge on any atom is -0.356 e. The molecule has 2 rings (SSSR count). The second kappa shape index (κ2) is 6.57. The Kier molecular flexibility index (Phi) is 4.80. The summed E-state index contributed by atoms with van der Waals surface area (Å²) in [5.41, 5.74) is 3.38. The summed E-state index contributed by atoms with van der Waals surface area (Å²) in [6.07, 6.45) is 1.14. The zero-order valence-corrected chi connectivity index (χ0v) is 12.2. The molecule has 1 aromatic heterocycles. The largest absolute Gasteiger partial charge is 0.356 e. The number of aromatic nitrogens is 2. The van der Waals surface area contributed by atoms with Gasteiger partial charge in [-0.3, -0.25) is 0 Å². The molecule has 0 bridgehead atoms. The number of imidazole rings is 1. The van der Waals surface area contributed by atoms with E-state index in [0.717, 1.165) is 49.6 Å². The second-order valence-electron chi connectivity index (χ2n) is 4.91. The molecule has 0 unspecified atom stereocenters. The van der Waals surface area contributed by atoms with Crippen LogP contribution < -0.4 is 5.32 Å². The molecule has 0 amide bonds. The summed E-state index contributed by atoms with van der Waals surface area (Å²) in [5, 5.41) is 3.36. The third-order valence-corrected chi connectivity index (χ3v) is 3.48. The van der Waals surface area contributed by atoms with E-state index in [1.165, 1.54) is 5.56 Å². The Balaban J connectivity index is 1.84. The molecule has 0 aliphatic rings. The van der Waals surface area contributed by atoms with Crippen LogP contribution in [0.5, 0.6) is 0 Å². The van der Waals surface area contributed by atoms with Crippen LogP contribution >= 0.6 is 0 Å². The summed E-state index contributed by atoms with van der Waals surface area (Å²) in [6.45, 7) is 10.9. The molecule has 1 aromatic carbocycles. The van der Waals surface area contributed by atoms with Crippen molar-refractivity contribution in [3.05, 3.63) is 23.8 Å². The molecule has 2 aromatic rings. The first-order valence-electron chi connectivity index (χ1n) is 7.15. The number of fused-ring (bicyclic) bond motifs is 1.